The fourth-order valence-electron chi connectivity index (χ4n) is 2.25. The summed E-state index contributed by atoms with van der Waals surface area (Å²) in [4.78, 5) is 12.9. The number of rotatable bonds is 3. The topological polar surface area (TPSA) is 50.4 Å². The number of thiocarbonyl (C=S) groups is 1. The van der Waals surface area contributed by atoms with Crippen LogP contribution >= 0.6 is 58.4 Å². The van der Waals surface area contributed by atoms with E-state index in [0.717, 1.165) is 10.1 Å². The van der Waals surface area contributed by atoms with Crippen LogP contribution in [0.25, 0.3) is 10.1 Å². The number of halogens is 3. The van der Waals surface area contributed by atoms with E-state index in [-0.39, 0.29) is 5.11 Å². The number of nitrogens with one attached hydrogen (secondary N) is 2. The fraction of sp³-hybridized carbons (Fsp3) is 0.0588. The van der Waals surface area contributed by atoms with Gasteiger partial charge in [-0.05, 0) is 42.5 Å². The first-order chi connectivity index (χ1) is 12.4. The van der Waals surface area contributed by atoms with Gasteiger partial charge in [-0.3, -0.25) is 10.1 Å². The number of hydrogen-bond acceptors (Lipinski definition) is 4. The summed E-state index contributed by atoms with van der Waals surface area (Å²) in [6, 6.07) is 10.3. The van der Waals surface area contributed by atoms with Crippen molar-refractivity contribution in [3.63, 3.8) is 0 Å². The van der Waals surface area contributed by atoms with Gasteiger partial charge in [0, 0.05) is 20.8 Å². The average molecular weight is 446 g/mol. The molecule has 0 aliphatic heterocycles. The molecular weight excluding hydrogens is 435 g/mol. The molecule has 0 bridgehead atoms. The van der Waals surface area contributed by atoms with Crippen LogP contribution in [0.3, 0.4) is 0 Å². The molecule has 1 aromatic heterocycles. The number of amides is 1. The van der Waals surface area contributed by atoms with Crippen LogP contribution in [0.4, 0.5) is 5.69 Å². The summed E-state index contributed by atoms with van der Waals surface area (Å²) in [6.45, 7) is 0. The first-order valence-electron chi connectivity index (χ1n) is 7.22. The summed E-state index contributed by atoms with van der Waals surface area (Å²) in [5.41, 5.74) is 0.621. The van der Waals surface area contributed by atoms with Gasteiger partial charge < -0.3 is 10.1 Å². The molecule has 3 aromatic rings. The normalized spacial score (nSPS) is 10.6. The predicted octanol–water partition coefficient (Wildman–Crippen LogP) is 6.00. The van der Waals surface area contributed by atoms with Gasteiger partial charge in [-0.2, -0.15) is 0 Å². The molecule has 0 aliphatic rings. The molecule has 0 spiro atoms. The van der Waals surface area contributed by atoms with Gasteiger partial charge in [0.15, 0.2) is 5.11 Å². The van der Waals surface area contributed by atoms with Crippen molar-refractivity contribution in [1.29, 1.82) is 0 Å². The lowest BCUT2D eigenvalue weighted by Gasteiger charge is -2.10. The van der Waals surface area contributed by atoms with E-state index in [9.17, 15) is 4.79 Å². The van der Waals surface area contributed by atoms with E-state index < -0.39 is 5.91 Å². The van der Waals surface area contributed by atoms with Crippen LogP contribution in [0.5, 0.6) is 5.75 Å². The Balaban J connectivity index is 1.74. The zero-order valence-corrected chi connectivity index (χ0v) is 17.1. The zero-order chi connectivity index (χ0) is 18.8. The molecule has 2 aromatic carbocycles. The molecule has 4 nitrogen and oxygen atoms in total. The van der Waals surface area contributed by atoms with Crippen molar-refractivity contribution in [3.05, 3.63) is 56.3 Å². The highest BCUT2D eigenvalue weighted by atomic mass is 35.5. The molecular formula is C17H11Cl3N2O2S2. The van der Waals surface area contributed by atoms with Crippen molar-refractivity contribution < 1.29 is 9.53 Å². The molecule has 0 fully saturated rings. The molecule has 3 rings (SSSR count). The molecule has 0 aliphatic carbocycles. The standard InChI is InChI=1S/C17H11Cl3N2O2S2/c1-24-12-5-3-9(7-11(12)19)21-17(25)22-16(23)15-14(20)10-4-2-8(18)6-13(10)26-15/h2-7H,1H3,(H2,21,22,23,25). The number of ether oxygens (including phenoxy) is 1. The Morgan fingerprint density at radius 2 is 1.92 bits per heavy atom. The number of methoxy groups -OCH3 is 1. The predicted molar refractivity (Wildman–Crippen MR) is 114 cm³/mol. The van der Waals surface area contributed by atoms with Crippen LogP contribution in [-0.2, 0) is 0 Å². The third-order valence-corrected chi connectivity index (χ3v) is 5.83. The average Bonchev–Trinajstić information content (AvgIpc) is 2.91. The molecule has 0 unspecified atom stereocenters. The minimum Gasteiger partial charge on any atom is -0.495 e. The lowest BCUT2D eigenvalue weighted by atomic mass is 10.2. The Morgan fingerprint density at radius 3 is 2.62 bits per heavy atom. The molecule has 0 atom stereocenters. The third kappa shape index (κ3) is 4.05. The highest BCUT2D eigenvalue weighted by molar-refractivity contribution is 7.80. The van der Waals surface area contributed by atoms with Gasteiger partial charge in [-0.15, -0.1) is 11.3 Å². The largest absolute Gasteiger partial charge is 0.495 e. The van der Waals surface area contributed by atoms with E-state index in [0.29, 0.717) is 31.4 Å². The Labute approximate surface area is 174 Å². The van der Waals surface area contributed by atoms with Gasteiger partial charge in [0.05, 0.1) is 17.2 Å². The summed E-state index contributed by atoms with van der Waals surface area (Å²) < 4.78 is 5.92. The Kier molecular flexibility index (Phi) is 5.89. The number of carbonyl (C=O) groups excluding carboxylic acids is 1. The van der Waals surface area contributed by atoms with Gasteiger partial charge in [0.2, 0.25) is 0 Å². The SMILES string of the molecule is COc1ccc(NC(=S)NC(=O)c2sc3cc(Cl)ccc3c2Cl)cc1Cl. The van der Waals surface area contributed by atoms with E-state index in [2.05, 4.69) is 10.6 Å². The fourth-order valence-corrected chi connectivity index (χ4v) is 4.41. The summed E-state index contributed by atoms with van der Waals surface area (Å²) >= 11 is 24.8. The van der Waals surface area contributed by atoms with Gasteiger partial charge in [0.1, 0.15) is 10.6 Å². The van der Waals surface area contributed by atoms with E-state index in [1.807, 2.05) is 0 Å². The molecule has 26 heavy (non-hydrogen) atoms. The highest BCUT2D eigenvalue weighted by Crippen LogP contribution is 2.36. The highest BCUT2D eigenvalue weighted by Gasteiger charge is 2.18. The van der Waals surface area contributed by atoms with Crippen LogP contribution in [0.1, 0.15) is 9.67 Å². The third-order valence-electron chi connectivity index (χ3n) is 3.43. The number of carbonyl (C=O) groups is 1. The summed E-state index contributed by atoms with van der Waals surface area (Å²) in [7, 11) is 1.53. The molecule has 1 amide bonds. The number of hydrogen-bond donors (Lipinski definition) is 2. The lowest BCUT2D eigenvalue weighted by molar-refractivity contribution is 0.0982. The van der Waals surface area contributed by atoms with Gasteiger partial charge >= 0.3 is 0 Å². The van der Waals surface area contributed by atoms with Gasteiger partial charge in [-0.1, -0.05) is 40.9 Å². The van der Waals surface area contributed by atoms with Crippen molar-refractivity contribution >= 4 is 85.2 Å². The smallest absolute Gasteiger partial charge is 0.269 e. The van der Waals surface area contributed by atoms with Crippen molar-refractivity contribution in [2.75, 3.05) is 12.4 Å². The zero-order valence-electron chi connectivity index (χ0n) is 13.2. The minimum absolute atomic E-state index is 0.128. The summed E-state index contributed by atoms with van der Waals surface area (Å²) in [6.07, 6.45) is 0. The Hall–Kier alpha value is -1.57. The number of thiophene rings is 1. The second kappa shape index (κ2) is 7.98. The minimum atomic E-state index is -0.399. The second-order valence-corrected chi connectivity index (χ2v) is 7.83. The first kappa shape index (κ1) is 19.2. The molecule has 1 heterocycles. The van der Waals surface area contributed by atoms with Crippen LogP contribution in [0, 0.1) is 0 Å². The maximum atomic E-state index is 12.5. The maximum absolute atomic E-state index is 12.5. The van der Waals surface area contributed by atoms with Crippen LogP contribution < -0.4 is 15.4 Å². The first-order valence-corrected chi connectivity index (χ1v) is 9.58. The maximum Gasteiger partial charge on any atom is 0.269 e. The van der Waals surface area contributed by atoms with E-state index in [1.165, 1.54) is 18.4 Å². The number of anilines is 1. The van der Waals surface area contributed by atoms with Crippen molar-refractivity contribution in [2.24, 2.45) is 0 Å². The summed E-state index contributed by atoms with van der Waals surface area (Å²) in [5, 5.41) is 7.78. The van der Waals surface area contributed by atoms with Gasteiger partial charge in [-0.25, -0.2) is 0 Å². The molecule has 0 saturated carbocycles. The van der Waals surface area contributed by atoms with Gasteiger partial charge in [0.25, 0.3) is 5.91 Å². The van der Waals surface area contributed by atoms with E-state index >= 15 is 0 Å². The van der Waals surface area contributed by atoms with Crippen molar-refractivity contribution in [2.45, 2.75) is 0 Å². The van der Waals surface area contributed by atoms with Crippen molar-refractivity contribution in [3.8, 4) is 5.75 Å². The molecule has 9 heteroatoms. The molecule has 134 valence electrons. The van der Waals surface area contributed by atoms with Crippen LogP contribution in [-0.4, -0.2) is 18.1 Å². The quantitative estimate of drug-likeness (QED) is 0.486. The van der Waals surface area contributed by atoms with E-state index in [4.69, 9.17) is 51.8 Å². The van der Waals surface area contributed by atoms with Crippen LogP contribution in [0.15, 0.2) is 36.4 Å². The summed E-state index contributed by atoms with van der Waals surface area (Å²) in [5.74, 6) is 0.146. The Bertz CT molecular complexity index is 1020. The molecule has 0 radical (unpaired) electrons. The number of benzene rings is 2. The van der Waals surface area contributed by atoms with E-state index in [1.54, 1.807) is 36.4 Å². The van der Waals surface area contributed by atoms with Crippen molar-refractivity contribution in [1.82, 2.24) is 5.32 Å². The second-order valence-electron chi connectivity index (χ2n) is 5.14. The number of fused-ring (bicyclic) bond motifs is 1. The Morgan fingerprint density at radius 1 is 1.15 bits per heavy atom. The molecule has 0 saturated heterocycles. The monoisotopic (exact) mass is 444 g/mol. The molecule has 2 N–H and O–H groups in total. The van der Waals surface area contributed by atoms with Crippen LogP contribution in [0.2, 0.25) is 15.1 Å². The lowest BCUT2D eigenvalue weighted by Crippen LogP contribution is -2.33.